The Morgan fingerprint density at radius 2 is 0.479 bits per heavy atom. The Morgan fingerprint density at radius 3 is 0.785 bits per heavy atom. The summed E-state index contributed by atoms with van der Waals surface area (Å²) in [6.07, 6.45) is 7.15. The normalized spacial score (nSPS) is 11.7. The zero-order valence-corrected chi connectivity index (χ0v) is 90.5. The van der Waals surface area contributed by atoms with E-state index in [9.17, 15) is 0 Å². The summed E-state index contributed by atoms with van der Waals surface area (Å²) in [5.41, 5.74) is 37.0. The molecule has 0 radical (unpaired) electrons. The second-order valence-electron chi connectivity index (χ2n) is 33.4. The predicted octanol–water partition coefficient (Wildman–Crippen LogP) is 30.9. The molecule has 24 rings (SSSR count). The van der Waals surface area contributed by atoms with Gasteiger partial charge in [0.2, 0.25) is 0 Å². The molecule has 12 nitrogen and oxygen atoms in total. The molecule has 0 saturated heterocycles. The van der Waals surface area contributed by atoms with E-state index in [0.29, 0.717) is 0 Å². The third-order valence-electron chi connectivity index (χ3n) is 23.8. The number of aryl methyl sites for hydroxylation is 3. The van der Waals surface area contributed by atoms with Crippen molar-refractivity contribution in [1.82, 2.24) is 19.9 Å². The van der Waals surface area contributed by atoms with Gasteiger partial charge in [-0.25, -0.2) is 0 Å². The van der Waals surface area contributed by atoms with Crippen LogP contribution in [0, 0.1) is 103 Å². The zero-order valence-electron chi connectivity index (χ0n) is 80.9. The van der Waals surface area contributed by atoms with Gasteiger partial charge in [-0.05, 0) is 171 Å². The van der Waals surface area contributed by atoms with Crippen LogP contribution >= 0.6 is 0 Å². The Morgan fingerprint density at radius 1 is 0.208 bits per heavy atom. The first-order valence-corrected chi connectivity index (χ1v) is 46.5. The fourth-order valence-corrected chi connectivity index (χ4v) is 17.0. The fraction of sp³-hybridized carbons (Fsp3) is 0.0625. The van der Waals surface area contributed by atoms with E-state index in [1.165, 1.54) is 112 Å². The van der Waals surface area contributed by atoms with Crippen LogP contribution in [0.5, 0.6) is 0 Å². The van der Waals surface area contributed by atoms with Crippen molar-refractivity contribution in [3.05, 3.63) is 559 Å². The summed E-state index contributed by atoms with van der Waals surface area (Å²) in [7, 11) is 8.30. The molecule has 0 saturated carbocycles. The summed E-state index contributed by atoms with van der Waals surface area (Å²) < 4.78 is 0. The second-order valence-corrected chi connectivity index (χ2v) is 33.4. The molecule has 4 aliphatic heterocycles. The van der Waals surface area contributed by atoms with E-state index in [1.807, 2.05) is 200 Å². The summed E-state index contributed by atoms with van der Waals surface area (Å²) in [6.45, 7) is 17.1. The van der Waals surface area contributed by atoms with Crippen LogP contribution in [0.1, 0.15) is 22.3 Å². The third kappa shape index (κ3) is 26.9. The first kappa shape index (κ1) is 106. The Kier molecular flexibility index (Phi) is 39.4. The molecule has 0 unspecified atom stereocenters. The van der Waals surface area contributed by atoms with Gasteiger partial charge in [0.15, 0.2) is 0 Å². The second kappa shape index (κ2) is 53.3. The number of anilines is 12. The van der Waals surface area contributed by atoms with Gasteiger partial charge in [-0.3, -0.25) is 0 Å². The first-order valence-electron chi connectivity index (χ1n) is 46.5. The van der Waals surface area contributed by atoms with E-state index in [1.54, 1.807) is 24.8 Å². The molecule has 20 aromatic rings. The van der Waals surface area contributed by atoms with Gasteiger partial charge >= 0.3 is 80.4 Å². The average molecular weight is 2580 g/mol. The van der Waals surface area contributed by atoms with E-state index in [4.69, 9.17) is 0 Å². The number of aromatic nitrogens is 4. The molecule has 144 heavy (non-hydrogen) atoms. The molecule has 0 aliphatic carbocycles. The molecule has 4 aliphatic rings. The summed E-state index contributed by atoms with van der Waals surface area (Å²) in [6, 6.07) is 174. The van der Waals surface area contributed by atoms with Gasteiger partial charge < -0.3 is 59.1 Å². The van der Waals surface area contributed by atoms with Crippen molar-refractivity contribution >= 4 is 68.2 Å². The van der Waals surface area contributed by atoms with Crippen molar-refractivity contribution in [3.8, 4) is 89.5 Å². The molecule has 16 heteroatoms. The topological polar surface area (TPSA) is 77.5 Å². The Balaban J connectivity index is 0.000000140. The van der Waals surface area contributed by atoms with Crippen molar-refractivity contribution in [2.24, 2.45) is 0 Å². The van der Waals surface area contributed by atoms with E-state index in [2.05, 4.69) is 427 Å². The number of pyridine rings is 4. The van der Waals surface area contributed by atoms with Gasteiger partial charge in [-0.2, -0.15) is 99.0 Å². The standard InChI is InChI=1S/2C22H20N2.2C20H16N2.4C11H8N.4Ir/c1-16-8-6-9-17(2)22(16)18-10-7-11-19(14-18)24-15-23(3)20-12-4-5-13-21(20)24;1-16-13-14-19(17(2)22(16)18-9-5-4-6-10-18)24-15-23(3)20-11-7-8-12-21(20)24;2*1-21-15-22(20-13-6-5-12-19(20)21)18-11-7-10-17(14-18)16-8-3-2-4-9-16;4*1-2-6-10(7-3-1)11-8-4-5-9-12-11;;;;/h4-10,12-15H,1-3H3;4-13,15H,1-3H3;2*2-10,12-15H,1H3;4*1-6,8-9H;;;;/q4*-2;4*-1;4*+3. The fourth-order valence-electron chi connectivity index (χ4n) is 17.0. The Hall–Kier alpha value is -14.9. The summed E-state index contributed by atoms with van der Waals surface area (Å²) in [4.78, 5) is 34.2. The minimum absolute atomic E-state index is 0. The molecule has 0 N–H and O–H groups in total. The summed E-state index contributed by atoms with van der Waals surface area (Å²) >= 11 is 0. The Bertz CT molecular complexity index is 6720. The van der Waals surface area contributed by atoms with E-state index < -0.39 is 0 Å². The molecule has 4 aromatic heterocycles. The largest absolute Gasteiger partial charge is 3.00 e. The van der Waals surface area contributed by atoms with Gasteiger partial charge in [0.25, 0.3) is 0 Å². The molecule has 0 bridgehead atoms. The number of hydrogen-bond acceptors (Lipinski definition) is 12. The van der Waals surface area contributed by atoms with Gasteiger partial charge in [0.1, 0.15) is 0 Å². The first-order chi connectivity index (χ1) is 68.8. The van der Waals surface area contributed by atoms with E-state index >= 15 is 0 Å². The number of rotatable bonds is 12. The smallest absolute Gasteiger partial charge is 0.504 e. The zero-order chi connectivity index (χ0) is 96.1. The maximum atomic E-state index is 4.22. The molecule has 712 valence electrons. The SMILES string of the molecule is CN1[CH-]N(c2[c-]ccc(-c3ccccc3)c2)c2ccccc21.CN1[CH-]N(c2[c-]ccc(-c3ccccc3)c2)c2ccccc21.Cc1c[c-]c(N2[CH-]N(C)c3ccccc32)c(C)c1-c1ccccc1.Cc1cccc(C)c1-c1cc[c-]c(N2[CH-]N(C)c3ccccc32)c1.[Ir+3].[Ir+3].[Ir+3].[Ir+3].[c-]1ccccc1-c1ccccn1.[c-]1ccccc1-c1ccccn1.[c-]1ccccc1-c1ccccn1.[c-]1ccccc1-c1ccccn1. The van der Waals surface area contributed by atoms with Crippen LogP contribution in [0.15, 0.2) is 462 Å². The molecular weight excluding hydrogens is 2470 g/mol. The summed E-state index contributed by atoms with van der Waals surface area (Å²) in [5.74, 6) is 0. The van der Waals surface area contributed by atoms with Crippen molar-refractivity contribution in [2.45, 2.75) is 27.7 Å². The summed E-state index contributed by atoms with van der Waals surface area (Å²) in [5, 5.41) is 0. The molecule has 0 fully saturated rings. The van der Waals surface area contributed by atoms with Crippen molar-refractivity contribution in [1.29, 1.82) is 0 Å². The van der Waals surface area contributed by atoms with Crippen LogP contribution in [0.3, 0.4) is 0 Å². The molecule has 16 aromatic carbocycles. The monoisotopic (exact) mass is 2580 g/mol. The molecule has 0 spiro atoms. The van der Waals surface area contributed by atoms with E-state index in [0.717, 1.165) is 67.8 Å². The maximum absolute atomic E-state index is 4.22. The third-order valence-corrected chi connectivity index (χ3v) is 23.8. The van der Waals surface area contributed by atoms with Crippen LogP contribution in [0.4, 0.5) is 68.2 Å². The van der Waals surface area contributed by atoms with Crippen molar-refractivity contribution < 1.29 is 80.4 Å². The minimum atomic E-state index is 0. The van der Waals surface area contributed by atoms with Crippen LogP contribution < -0.4 is 39.2 Å². The van der Waals surface area contributed by atoms with E-state index in [-0.39, 0.29) is 80.4 Å². The van der Waals surface area contributed by atoms with Crippen molar-refractivity contribution in [3.63, 3.8) is 0 Å². The molecule has 0 amide bonds. The van der Waals surface area contributed by atoms with Gasteiger partial charge in [0, 0.05) is 70.3 Å². The van der Waals surface area contributed by atoms with Gasteiger partial charge in [-0.15, -0.1) is 212 Å². The van der Waals surface area contributed by atoms with Crippen LogP contribution in [-0.4, -0.2) is 48.1 Å². The molecule has 8 heterocycles. The average Bonchev–Trinajstić information content (AvgIpc) is 1.52. The van der Waals surface area contributed by atoms with Crippen LogP contribution in [0.25, 0.3) is 89.5 Å². The number of hydrogen-bond donors (Lipinski definition) is 0. The molecule has 0 atom stereocenters. The Labute approximate surface area is 904 Å². The maximum Gasteiger partial charge on any atom is 3.00 e. The van der Waals surface area contributed by atoms with Gasteiger partial charge in [-0.1, -0.05) is 220 Å². The quantitative estimate of drug-likeness (QED) is 0.109. The number of nitrogens with zero attached hydrogens (tertiary/aromatic N) is 12. The molecular formula is C128H104Ir4N12. The number of benzene rings is 16. The number of fused-ring (bicyclic) bond motifs is 4. The van der Waals surface area contributed by atoms with Gasteiger partial charge in [0.05, 0.1) is 0 Å². The van der Waals surface area contributed by atoms with Crippen LogP contribution in [0.2, 0.25) is 0 Å². The predicted molar refractivity (Wildman–Crippen MR) is 581 cm³/mol. The minimum Gasteiger partial charge on any atom is -0.504 e. The van der Waals surface area contributed by atoms with Crippen molar-refractivity contribution in [2.75, 3.05) is 67.4 Å². The number of para-hydroxylation sites is 8. The van der Waals surface area contributed by atoms with Crippen LogP contribution in [-0.2, 0) is 80.4 Å².